The first-order valence-corrected chi connectivity index (χ1v) is 6.23. The van der Waals surface area contributed by atoms with Gasteiger partial charge in [0.05, 0.1) is 0 Å². The number of carboxylic acids is 1. The van der Waals surface area contributed by atoms with Gasteiger partial charge in [-0.3, -0.25) is 4.79 Å². The predicted octanol–water partition coefficient (Wildman–Crippen LogP) is 2.44. The predicted molar refractivity (Wildman–Crippen MR) is 66.0 cm³/mol. The molecule has 94 valence electrons. The summed E-state index contributed by atoms with van der Waals surface area (Å²) in [5.41, 5.74) is 0. The van der Waals surface area contributed by atoms with E-state index in [1.54, 1.807) is 0 Å². The lowest BCUT2D eigenvalue weighted by atomic mass is 9.76. The van der Waals surface area contributed by atoms with E-state index >= 15 is 0 Å². The molecule has 1 aliphatic carbocycles. The van der Waals surface area contributed by atoms with Crippen molar-refractivity contribution in [2.24, 2.45) is 11.8 Å². The molecular weight excluding hydrogens is 226 g/mol. The van der Waals surface area contributed by atoms with Crippen molar-refractivity contribution in [2.45, 2.75) is 51.0 Å². The maximum atomic E-state index is 10.8. The molecule has 0 radical (unpaired) electrons. The van der Waals surface area contributed by atoms with Crippen LogP contribution in [0.1, 0.15) is 44.9 Å². The van der Waals surface area contributed by atoms with Crippen LogP contribution >= 0.6 is 12.4 Å². The summed E-state index contributed by atoms with van der Waals surface area (Å²) in [5.74, 6) is 0.916. The Morgan fingerprint density at radius 3 is 2.19 bits per heavy atom. The van der Waals surface area contributed by atoms with Gasteiger partial charge in [-0.15, -0.1) is 12.4 Å². The largest absolute Gasteiger partial charge is 0.480 e. The zero-order valence-corrected chi connectivity index (χ0v) is 10.5. The minimum Gasteiger partial charge on any atom is -0.480 e. The molecule has 1 heterocycles. The molecule has 4 heteroatoms. The molecule has 0 aromatic rings. The molecule has 2 aliphatic rings. The molecular formula is C12H22ClNO2. The number of halogens is 1. The van der Waals surface area contributed by atoms with Crippen LogP contribution in [0.25, 0.3) is 0 Å². The maximum absolute atomic E-state index is 10.8. The summed E-state index contributed by atoms with van der Waals surface area (Å²) in [6.07, 6.45) is 8.81. The van der Waals surface area contributed by atoms with Crippen molar-refractivity contribution < 1.29 is 9.90 Å². The molecule has 3 nitrogen and oxygen atoms in total. The lowest BCUT2D eigenvalue weighted by Gasteiger charge is -2.35. The molecule has 16 heavy (non-hydrogen) atoms. The summed E-state index contributed by atoms with van der Waals surface area (Å²) in [6.45, 7) is 0.918. The second kappa shape index (κ2) is 6.45. The number of hydrogen-bond donors (Lipinski definition) is 2. The Balaban J connectivity index is 0.00000128. The van der Waals surface area contributed by atoms with Crippen molar-refractivity contribution in [3.05, 3.63) is 0 Å². The van der Waals surface area contributed by atoms with Crippen LogP contribution in [0.15, 0.2) is 0 Å². The fraction of sp³-hybridized carbons (Fsp3) is 0.917. The van der Waals surface area contributed by atoms with Crippen LogP contribution in [0.4, 0.5) is 0 Å². The van der Waals surface area contributed by atoms with Crippen molar-refractivity contribution in [2.75, 3.05) is 6.54 Å². The van der Waals surface area contributed by atoms with Gasteiger partial charge >= 0.3 is 5.97 Å². The molecule has 2 rings (SSSR count). The van der Waals surface area contributed by atoms with Crippen molar-refractivity contribution in [3.8, 4) is 0 Å². The van der Waals surface area contributed by atoms with Gasteiger partial charge in [-0.25, -0.2) is 0 Å². The Bertz CT molecular complexity index is 221. The van der Waals surface area contributed by atoms with Crippen LogP contribution < -0.4 is 5.32 Å². The molecule has 2 unspecified atom stereocenters. The van der Waals surface area contributed by atoms with Crippen LogP contribution in [0.2, 0.25) is 0 Å². The number of carbonyl (C=O) groups is 1. The summed E-state index contributed by atoms with van der Waals surface area (Å²) in [5, 5.41) is 12.0. The number of carboxylic acid groups (broad SMARTS) is 1. The number of piperidine rings is 1. The third kappa shape index (κ3) is 3.36. The van der Waals surface area contributed by atoms with Crippen LogP contribution in [0, 0.1) is 11.8 Å². The minimum atomic E-state index is -0.683. The first-order valence-electron chi connectivity index (χ1n) is 6.23. The lowest BCUT2D eigenvalue weighted by Crippen LogP contribution is -2.45. The quantitative estimate of drug-likeness (QED) is 0.788. The summed E-state index contributed by atoms with van der Waals surface area (Å²) in [6, 6.07) is -0.287. The molecule has 0 aromatic carbocycles. The third-order valence-corrected chi connectivity index (χ3v) is 4.07. The molecule has 0 aromatic heterocycles. The van der Waals surface area contributed by atoms with Gasteiger partial charge in [0, 0.05) is 0 Å². The molecule has 2 fully saturated rings. The van der Waals surface area contributed by atoms with E-state index in [0.717, 1.165) is 31.2 Å². The molecule has 1 aliphatic heterocycles. The summed E-state index contributed by atoms with van der Waals surface area (Å²) in [4.78, 5) is 10.8. The smallest absolute Gasteiger partial charge is 0.320 e. The standard InChI is InChI=1S/C12H21NO2.ClH/c14-12(15)11-7-6-10(8-13-11)9-4-2-1-3-5-9;/h9-11,13H,1-8H2,(H,14,15);1H. The number of nitrogens with one attached hydrogen (secondary N) is 1. The van der Waals surface area contributed by atoms with Gasteiger partial charge in [0.25, 0.3) is 0 Å². The summed E-state index contributed by atoms with van der Waals surface area (Å²) >= 11 is 0. The molecule has 0 spiro atoms. The number of rotatable bonds is 2. The maximum Gasteiger partial charge on any atom is 0.320 e. The average molecular weight is 248 g/mol. The van der Waals surface area contributed by atoms with E-state index in [-0.39, 0.29) is 18.4 Å². The van der Waals surface area contributed by atoms with E-state index in [2.05, 4.69) is 5.32 Å². The molecule has 0 amide bonds. The van der Waals surface area contributed by atoms with Gasteiger partial charge in [0.2, 0.25) is 0 Å². The fourth-order valence-electron chi connectivity index (χ4n) is 3.10. The van der Waals surface area contributed by atoms with Crippen molar-refractivity contribution in [1.29, 1.82) is 0 Å². The van der Waals surface area contributed by atoms with Crippen LogP contribution in [0.3, 0.4) is 0 Å². The molecule has 1 saturated heterocycles. The Morgan fingerprint density at radius 2 is 1.69 bits per heavy atom. The zero-order chi connectivity index (χ0) is 10.7. The van der Waals surface area contributed by atoms with E-state index in [1.807, 2.05) is 0 Å². The van der Waals surface area contributed by atoms with Crippen LogP contribution in [-0.4, -0.2) is 23.7 Å². The van der Waals surface area contributed by atoms with Crippen LogP contribution in [0.5, 0.6) is 0 Å². The fourth-order valence-corrected chi connectivity index (χ4v) is 3.10. The highest BCUT2D eigenvalue weighted by Gasteiger charge is 2.30. The van der Waals surface area contributed by atoms with Gasteiger partial charge in [-0.05, 0) is 31.2 Å². The summed E-state index contributed by atoms with van der Waals surface area (Å²) in [7, 11) is 0. The van der Waals surface area contributed by atoms with Crippen molar-refractivity contribution in [3.63, 3.8) is 0 Å². The van der Waals surface area contributed by atoms with Gasteiger partial charge < -0.3 is 10.4 Å². The number of hydrogen-bond acceptors (Lipinski definition) is 2. The Labute approximate surface area is 103 Å². The molecule has 0 bridgehead atoms. The van der Waals surface area contributed by atoms with Gasteiger partial charge in [-0.2, -0.15) is 0 Å². The monoisotopic (exact) mass is 247 g/mol. The Hall–Kier alpha value is -0.280. The third-order valence-electron chi connectivity index (χ3n) is 4.07. The second-order valence-corrected chi connectivity index (χ2v) is 5.03. The minimum absolute atomic E-state index is 0. The molecule has 1 saturated carbocycles. The Morgan fingerprint density at radius 1 is 1.00 bits per heavy atom. The van der Waals surface area contributed by atoms with E-state index in [9.17, 15) is 4.79 Å². The highest BCUT2D eigenvalue weighted by atomic mass is 35.5. The normalized spacial score (nSPS) is 31.8. The van der Waals surface area contributed by atoms with Crippen molar-refractivity contribution >= 4 is 18.4 Å². The van der Waals surface area contributed by atoms with Crippen molar-refractivity contribution in [1.82, 2.24) is 5.32 Å². The lowest BCUT2D eigenvalue weighted by molar-refractivity contribution is -0.140. The Kier molecular flexibility index (Phi) is 5.56. The second-order valence-electron chi connectivity index (χ2n) is 5.03. The topological polar surface area (TPSA) is 49.3 Å². The SMILES string of the molecule is Cl.O=C(O)C1CCC(C2CCCCC2)CN1. The first kappa shape index (κ1) is 13.8. The number of aliphatic carboxylic acids is 1. The summed E-state index contributed by atoms with van der Waals surface area (Å²) < 4.78 is 0. The highest BCUT2D eigenvalue weighted by Crippen LogP contribution is 2.33. The average Bonchev–Trinajstić information content (AvgIpc) is 2.30. The van der Waals surface area contributed by atoms with E-state index in [1.165, 1.54) is 32.1 Å². The van der Waals surface area contributed by atoms with E-state index in [4.69, 9.17) is 5.11 Å². The zero-order valence-electron chi connectivity index (χ0n) is 9.65. The molecule has 2 N–H and O–H groups in total. The van der Waals surface area contributed by atoms with Crippen LogP contribution in [-0.2, 0) is 4.79 Å². The first-order chi connectivity index (χ1) is 7.27. The highest BCUT2D eigenvalue weighted by molar-refractivity contribution is 5.85. The van der Waals surface area contributed by atoms with Gasteiger partial charge in [0.1, 0.15) is 6.04 Å². The van der Waals surface area contributed by atoms with E-state index in [0.29, 0.717) is 0 Å². The van der Waals surface area contributed by atoms with Gasteiger partial charge in [-0.1, -0.05) is 32.1 Å². The van der Waals surface area contributed by atoms with E-state index < -0.39 is 5.97 Å². The van der Waals surface area contributed by atoms with Gasteiger partial charge in [0.15, 0.2) is 0 Å². The molecule has 2 atom stereocenters.